The summed E-state index contributed by atoms with van der Waals surface area (Å²) in [6.07, 6.45) is 7.85. The highest BCUT2D eigenvalue weighted by atomic mass is 16.7. The van der Waals surface area contributed by atoms with E-state index >= 15 is 0 Å². The first kappa shape index (κ1) is 23.5. The molecule has 2 aromatic carbocycles. The summed E-state index contributed by atoms with van der Waals surface area (Å²) in [6, 6.07) is 18.8. The van der Waals surface area contributed by atoms with Gasteiger partial charge in [0, 0.05) is 0 Å². The Morgan fingerprint density at radius 2 is 1.56 bits per heavy atom. The number of ether oxygens (including phenoxy) is 2. The molecule has 4 bridgehead atoms. The SMILES string of the molecule is CCC(C)(CC(C)c1ccc(OC(=O)OC2(C)C3CC4CC(C3)CC2C4)cc1)c1ccccc1. The first-order chi connectivity index (χ1) is 16.3. The Bertz CT molecular complexity index is 967. The Balaban J connectivity index is 1.20. The van der Waals surface area contributed by atoms with Crippen LogP contribution in [0.1, 0.15) is 89.7 Å². The van der Waals surface area contributed by atoms with Crippen molar-refractivity contribution in [1.29, 1.82) is 0 Å². The zero-order chi connectivity index (χ0) is 23.9. The molecule has 0 spiro atoms. The van der Waals surface area contributed by atoms with Gasteiger partial charge in [-0.2, -0.15) is 0 Å². The minimum atomic E-state index is -0.543. The van der Waals surface area contributed by atoms with Crippen molar-refractivity contribution in [2.45, 2.75) is 89.6 Å². The second-order valence-electron chi connectivity index (χ2n) is 11.9. The fourth-order valence-electron chi connectivity index (χ4n) is 7.55. The molecule has 0 N–H and O–H groups in total. The lowest BCUT2D eigenvalue weighted by molar-refractivity contribution is -0.169. The Labute approximate surface area is 205 Å². The predicted octanol–water partition coefficient (Wildman–Crippen LogP) is 8.28. The lowest BCUT2D eigenvalue weighted by atomic mass is 9.50. The average Bonchev–Trinajstić information content (AvgIpc) is 2.83. The van der Waals surface area contributed by atoms with E-state index in [1.807, 2.05) is 12.1 Å². The van der Waals surface area contributed by atoms with E-state index in [1.165, 1.54) is 43.2 Å². The van der Waals surface area contributed by atoms with E-state index in [2.05, 4.69) is 70.2 Å². The van der Waals surface area contributed by atoms with Crippen LogP contribution in [-0.2, 0) is 10.2 Å². The second-order valence-corrected chi connectivity index (χ2v) is 11.9. The molecule has 0 aromatic heterocycles. The van der Waals surface area contributed by atoms with Gasteiger partial charge in [-0.15, -0.1) is 0 Å². The molecular weight excluding hydrogens is 420 g/mol. The van der Waals surface area contributed by atoms with Crippen molar-refractivity contribution in [2.75, 3.05) is 0 Å². The van der Waals surface area contributed by atoms with Gasteiger partial charge in [0.15, 0.2) is 0 Å². The molecule has 2 unspecified atom stereocenters. The standard InChI is InChI=1S/C31H40O3/c1-5-30(3,25-9-7-6-8-10-25)20-21(2)24-11-13-28(14-12-24)33-29(32)34-31(4)26-16-22-15-23(18-26)19-27(31)17-22/h6-14,21-23,26-27H,5,15-20H2,1-4H3. The molecule has 182 valence electrons. The van der Waals surface area contributed by atoms with Crippen molar-refractivity contribution in [2.24, 2.45) is 23.7 Å². The summed E-state index contributed by atoms with van der Waals surface area (Å²) in [4.78, 5) is 12.8. The number of hydrogen-bond donors (Lipinski definition) is 0. The number of carbonyl (C=O) groups is 1. The molecule has 0 saturated heterocycles. The monoisotopic (exact) mass is 460 g/mol. The summed E-state index contributed by atoms with van der Waals surface area (Å²) in [7, 11) is 0. The minimum Gasteiger partial charge on any atom is -0.427 e. The van der Waals surface area contributed by atoms with E-state index in [0.29, 0.717) is 23.5 Å². The second kappa shape index (κ2) is 9.06. The molecule has 2 atom stereocenters. The summed E-state index contributed by atoms with van der Waals surface area (Å²) in [5.41, 5.74) is 2.43. The van der Waals surface area contributed by atoms with Crippen LogP contribution in [0.15, 0.2) is 54.6 Å². The van der Waals surface area contributed by atoms with Crippen LogP contribution in [0.5, 0.6) is 5.75 Å². The van der Waals surface area contributed by atoms with Gasteiger partial charge in [0.2, 0.25) is 0 Å². The van der Waals surface area contributed by atoms with E-state index in [4.69, 9.17) is 9.47 Å². The first-order valence-electron chi connectivity index (χ1n) is 13.4. The molecule has 2 aromatic rings. The van der Waals surface area contributed by atoms with E-state index < -0.39 is 6.16 Å². The van der Waals surface area contributed by atoms with E-state index in [9.17, 15) is 4.79 Å². The zero-order valence-corrected chi connectivity index (χ0v) is 21.3. The lowest BCUT2D eigenvalue weighted by Crippen LogP contribution is -2.58. The van der Waals surface area contributed by atoms with Crippen LogP contribution in [-0.4, -0.2) is 11.8 Å². The Hall–Kier alpha value is -2.29. The predicted molar refractivity (Wildman–Crippen MR) is 136 cm³/mol. The van der Waals surface area contributed by atoms with Crippen LogP contribution in [0.25, 0.3) is 0 Å². The van der Waals surface area contributed by atoms with E-state index in [1.54, 1.807) is 0 Å². The highest BCUT2D eigenvalue weighted by molar-refractivity contribution is 5.64. The van der Waals surface area contributed by atoms with Crippen LogP contribution in [0.4, 0.5) is 4.79 Å². The average molecular weight is 461 g/mol. The van der Waals surface area contributed by atoms with Crippen molar-refractivity contribution in [1.82, 2.24) is 0 Å². The molecule has 4 aliphatic rings. The van der Waals surface area contributed by atoms with Crippen molar-refractivity contribution in [3.05, 3.63) is 65.7 Å². The van der Waals surface area contributed by atoms with Crippen molar-refractivity contribution >= 4 is 6.16 Å². The summed E-state index contributed by atoms with van der Waals surface area (Å²) in [5.74, 6) is 3.66. The largest absolute Gasteiger partial charge is 0.514 e. The molecule has 0 amide bonds. The van der Waals surface area contributed by atoms with Gasteiger partial charge in [0.1, 0.15) is 11.4 Å². The molecule has 3 nitrogen and oxygen atoms in total. The first-order valence-corrected chi connectivity index (χ1v) is 13.4. The Morgan fingerprint density at radius 1 is 0.971 bits per heavy atom. The maximum absolute atomic E-state index is 12.8. The van der Waals surface area contributed by atoms with Gasteiger partial charge in [-0.1, -0.05) is 63.2 Å². The number of carbonyl (C=O) groups excluding carboxylic acids is 1. The van der Waals surface area contributed by atoms with Gasteiger partial charge in [-0.3, -0.25) is 0 Å². The normalized spacial score (nSPS) is 32.1. The molecule has 6 rings (SSSR count). The van der Waals surface area contributed by atoms with Gasteiger partial charge in [0.25, 0.3) is 0 Å². The summed E-state index contributed by atoms with van der Waals surface area (Å²) in [6.45, 7) is 9.07. The summed E-state index contributed by atoms with van der Waals surface area (Å²) < 4.78 is 11.7. The topological polar surface area (TPSA) is 35.5 Å². The highest BCUT2D eigenvalue weighted by Gasteiger charge is 2.57. The molecule has 34 heavy (non-hydrogen) atoms. The van der Waals surface area contributed by atoms with E-state index in [-0.39, 0.29) is 11.0 Å². The Kier molecular flexibility index (Phi) is 6.25. The molecule has 4 saturated carbocycles. The molecule has 4 fully saturated rings. The maximum Gasteiger partial charge on any atom is 0.514 e. The molecular formula is C31H40O3. The quantitative estimate of drug-likeness (QED) is 0.308. The third-order valence-electron chi connectivity index (χ3n) is 9.72. The molecule has 0 radical (unpaired) electrons. The minimum absolute atomic E-state index is 0.133. The highest BCUT2D eigenvalue weighted by Crippen LogP contribution is 2.59. The van der Waals surface area contributed by atoms with E-state index in [0.717, 1.165) is 24.7 Å². The van der Waals surface area contributed by atoms with Crippen LogP contribution >= 0.6 is 0 Å². The number of benzene rings is 2. The van der Waals surface area contributed by atoms with Crippen LogP contribution in [0.2, 0.25) is 0 Å². The molecule has 4 aliphatic carbocycles. The van der Waals surface area contributed by atoms with Crippen LogP contribution in [0.3, 0.4) is 0 Å². The lowest BCUT2D eigenvalue weighted by Gasteiger charge is -2.58. The maximum atomic E-state index is 12.8. The van der Waals surface area contributed by atoms with Gasteiger partial charge >= 0.3 is 6.16 Å². The van der Waals surface area contributed by atoms with Crippen molar-refractivity contribution in [3.63, 3.8) is 0 Å². The van der Waals surface area contributed by atoms with Gasteiger partial charge in [-0.25, -0.2) is 4.79 Å². The van der Waals surface area contributed by atoms with Gasteiger partial charge in [0.05, 0.1) is 0 Å². The third kappa shape index (κ3) is 4.39. The summed E-state index contributed by atoms with van der Waals surface area (Å²) >= 11 is 0. The van der Waals surface area contributed by atoms with Crippen molar-refractivity contribution < 1.29 is 14.3 Å². The fraction of sp³-hybridized carbons (Fsp3) is 0.581. The van der Waals surface area contributed by atoms with Gasteiger partial charge < -0.3 is 9.47 Å². The molecule has 0 heterocycles. The smallest absolute Gasteiger partial charge is 0.427 e. The summed E-state index contributed by atoms with van der Waals surface area (Å²) in [5, 5.41) is 0. The van der Waals surface area contributed by atoms with Crippen molar-refractivity contribution in [3.8, 4) is 5.75 Å². The van der Waals surface area contributed by atoms with Crippen LogP contribution < -0.4 is 4.74 Å². The van der Waals surface area contributed by atoms with Crippen LogP contribution in [0, 0.1) is 23.7 Å². The number of rotatable bonds is 7. The molecule has 0 aliphatic heterocycles. The van der Waals surface area contributed by atoms with Gasteiger partial charge in [-0.05, 0) is 110 Å². The third-order valence-corrected chi connectivity index (χ3v) is 9.72. The zero-order valence-electron chi connectivity index (χ0n) is 21.3. The number of hydrogen-bond acceptors (Lipinski definition) is 3. The molecule has 3 heteroatoms. The Morgan fingerprint density at radius 3 is 2.12 bits per heavy atom. The fourth-order valence-corrected chi connectivity index (χ4v) is 7.55.